The van der Waals surface area contributed by atoms with Crippen molar-refractivity contribution in [3.05, 3.63) is 0 Å². The third-order valence-corrected chi connectivity index (χ3v) is 0. The van der Waals surface area contributed by atoms with Crippen molar-refractivity contribution in [2.45, 2.75) is 0 Å². The van der Waals surface area contributed by atoms with Crippen LogP contribution in [0.1, 0.15) is 0 Å². The van der Waals surface area contributed by atoms with Gasteiger partial charge in [-0.05, 0) is 0 Å². The summed E-state index contributed by atoms with van der Waals surface area (Å²) in [5.74, 6) is 0. The first-order chi connectivity index (χ1) is 0. The van der Waals surface area contributed by atoms with E-state index in [0.29, 0.717) is 0 Å². The molecular weight excluding hydrogens is 241 g/mol. The predicted octanol–water partition coefficient (Wildman–Crippen LogP) is -1.84. The molecule has 0 amide bonds. The molecule has 0 aliphatic carbocycles. The van der Waals surface area contributed by atoms with Crippen molar-refractivity contribution in [2.24, 2.45) is 0 Å². The number of hydrogen-bond acceptors (Lipinski definition) is 0. The monoisotopic (exact) mass is 244 g/mol. The van der Waals surface area contributed by atoms with Gasteiger partial charge < -0.3 is 0 Å². The Bertz CT molecular complexity index is 8.00. The van der Waals surface area contributed by atoms with Gasteiger partial charge in [0.25, 0.3) is 0 Å². The summed E-state index contributed by atoms with van der Waals surface area (Å²) in [6.45, 7) is 0. The van der Waals surface area contributed by atoms with E-state index in [2.05, 4.69) is 0 Å². The van der Waals surface area contributed by atoms with E-state index in [1.165, 1.54) is 0 Å². The van der Waals surface area contributed by atoms with Gasteiger partial charge in [-0.15, -0.1) is 0 Å². The van der Waals surface area contributed by atoms with Crippen LogP contribution in [0.25, 0.3) is 0 Å². The Kier molecular flexibility index (Phi) is 95.7. The van der Waals surface area contributed by atoms with E-state index in [1.807, 2.05) is 0 Å². The summed E-state index contributed by atoms with van der Waals surface area (Å²) in [5, 5.41) is 0. The molecule has 0 nitrogen and oxygen atoms in total. The molecule has 0 aliphatic rings. The largest absolute Gasteiger partial charge is 0 e. The van der Waals surface area contributed by atoms with Crippen LogP contribution in [0.15, 0.2) is 0 Å². The molecule has 4 heteroatoms. The second-order valence-electron chi connectivity index (χ2n) is 0. The molecule has 0 saturated carbocycles. The van der Waals surface area contributed by atoms with Crippen LogP contribution in [0.4, 0.5) is 0 Å². The van der Waals surface area contributed by atoms with E-state index >= 15 is 0 Å². The fourth-order valence-corrected chi connectivity index (χ4v) is 0. The third kappa shape index (κ3) is 9.42. The fraction of sp³-hybridized carbons (Fsp3) is 0. The molecule has 0 fully saturated rings. The van der Waals surface area contributed by atoms with Crippen LogP contribution < -0.4 is 0 Å². The maximum atomic E-state index is 0. The SMILES string of the molecule is [CaH2].[SrH2].[Ti].[Zn]. The van der Waals surface area contributed by atoms with Gasteiger partial charge in [-0.25, -0.2) is 0 Å². The second-order valence-corrected chi connectivity index (χ2v) is 0. The molecule has 0 spiro atoms. The van der Waals surface area contributed by atoms with E-state index < -0.39 is 0 Å². The molecule has 0 N–H and O–H groups in total. The van der Waals surface area contributed by atoms with Gasteiger partial charge >= 0.3 is 83.2 Å². The van der Waals surface area contributed by atoms with Gasteiger partial charge in [-0.3, -0.25) is 0 Å². The van der Waals surface area contributed by atoms with Gasteiger partial charge in [0.2, 0.25) is 0 Å². The van der Waals surface area contributed by atoms with Crippen molar-refractivity contribution in [1.29, 1.82) is 0 Å². The van der Waals surface area contributed by atoms with Crippen LogP contribution in [0, 0.1) is 0 Å². The number of hydrogen-bond donors (Lipinski definition) is 0. The minimum atomic E-state index is 0. The summed E-state index contributed by atoms with van der Waals surface area (Å²) in [6.07, 6.45) is 0. The summed E-state index contributed by atoms with van der Waals surface area (Å²) < 4.78 is 0. The van der Waals surface area contributed by atoms with E-state index in [9.17, 15) is 0 Å². The predicted molar refractivity (Wildman–Crippen MR) is 17.1 cm³/mol. The summed E-state index contributed by atoms with van der Waals surface area (Å²) in [5.41, 5.74) is 0. The molecule has 0 radical (unpaired) electrons. The van der Waals surface area contributed by atoms with Gasteiger partial charge in [0, 0.05) is 41.2 Å². The average molecular weight is 245 g/mol. The van der Waals surface area contributed by atoms with Crippen molar-refractivity contribution in [3.8, 4) is 0 Å². The standard InChI is InChI=1S/Ca.Sr.Ti.Zn.4H. The number of rotatable bonds is 0. The zero-order valence-electron chi connectivity index (χ0n) is 1.21. The van der Waals surface area contributed by atoms with E-state index in [-0.39, 0.29) is 124 Å². The molecule has 0 atom stereocenters. The van der Waals surface area contributed by atoms with E-state index in [0.717, 1.165) is 0 Å². The summed E-state index contributed by atoms with van der Waals surface area (Å²) in [4.78, 5) is 0. The van der Waals surface area contributed by atoms with Crippen molar-refractivity contribution >= 4 is 83.2 Å². The first-order valence-electron chi connectivity index (χ1n) is 0. The van der Waals surface area contributed by atoms with Crippen LogP contribution in [-0.4, -0.2) is 83.2 Å². The smallest absolute Gasteiger partial charge is 0 e. The topological polar surface area (TPSA) is 0 Å². The molecular formula is H4CaSrTiZn. The average Bonchev–Trinajstić information content (AvgIpc) is 0. The molecule has 0 aliphatic heterocycles. The summed E-state index contributed by atoms with van der Waals surface area (Å²) in [7, 11) is 0. The molecule has 4 heavy (non-hydrogen) atoms. The molecule has 0 unspecified atom stereocenters. The minimum Gasteiger partial charge on any atom is 0 e. The van der Waals surface area contributed by atoms with Crippen LogP contribution >= 0.6 is 0 Å². The Labute approximate surface area is 121 Å². The molecule has 0 aromatic heterocycles. The third-order valence-electron chi connectivity index (χ3n) is 0. The summed E-state index contributed by atoms with van der Waals surface area (Å²) in [6, 6.07) is 0. The maximum Gasteiger partial charge on any atom is 0 e. The second kappa shape index (κ2) is 15.7. The van der Waals surface area contributed by atoms with Gasteiger partial charge in [-0.2, -0.15) is 0 Å². The van der Waals surface area contributed by atoms with Crippen molar-refractivity contribution in [2.75, 3.05) is 0 Å². The fourth-order valence-electron chi connectivity index (χ4n) is 0. The molecule has 0 aromatic carbocycles. The van der Waals surface area contributed by atoms with Crippen molar-refractivity contribution in [1.82, 2.24) is 0 Å². The normalized spacial score (nSPS) is 0. The quantitative estimate of drug-likeness (QED) is 0.440. The van der Waals surface area contributed by atoms with Crippen LogP contribution in [0.2, 0.25) is 0 Å². The Hall–Kier alpha value is 4.08. The van der Waals surface area contributed by atoms with Crippen LogP contribution in [0.5, 0.6) is 0 Å². The molecule has 0 aromatic rings. The van der Waals surface area contributed by atoms with Gasteiger partial charge in [0.1, 0.15) is 0 Å². The van der Waals surface area contributed by atoms with E-state index in [1.54, 1.807) is 0 Å². The molecule has 14 valence electrons. The molecule has 0 saturated heterocycles. The van der Waals surface area contributed by atoms with Crippen LogP contribution in [-0.2, 0) is 41.2 Å². The summed E-state index contributed by atoms with van der Waals surface area (Å²) >= 11 is 0. The van der Waals surface area contributed by atoms with Crippen molar-refractivity contribution in [3.63, 3.8) is 0 Å². The maximum absolute atomic E-state index is 0. The zero-order valence-corrected chi connectivity index (χ0v) is 5.74. The molecule has 0 heterocycles. The zero-order chi connectivity index (χ0) is 0. The van der Waals surface area contributed by atoms with Gasteiger partial charge in [-0.1, -0.05) is 0 Å². The Morgan fingerprint density at radius 2 is 1.00 bits per heavy atom. The van der Waals surface area contributed by atoms with E-state index in [4.69, 9.17) is 0 Å². The van der Waals surface area contributed by atoms with Gasteiger partial charge in [0.15, 0.2) is 0 Å². The molecule has 0 bridgehead atoms. The van der Waals surface area contributed by atoms with Crippen LogP contribution in [0.3, 0.4) is 0 Å². The minimum absolute atomic E-state index is 0. The van der Waals surface area contributed by atoms with Crippen molar-refractivity contribution < 1.29 is 41.2 Å². The molecule has 0 rings (SSSR count). The Morgan fingerprint density at radius 1 is 1.00 bits per heavy atom. The first-order valence-corrected chi connectivity index (χ1v) is 0. The Morgan fingerprint density at radius 3 is 1.00 bits per heavy atom. The first kappa shape index (κ1) is 24.3. The Balaban J connectivity index is 0. The van der Waals surface area contributed by atoms with Gasteiger partial charge in [0.05, 0.1) is 0 Å².